The number of allylic oxidation sites excluding steroid dienone is 1. The fourth-order valence-electron chi connectivity index (χ4n) is 2.42. The number of nitrogens with one attached hydrogen (secondary N) is 1. The van der Waals surface area contributed by atoms with Gasteiger partial charge in [0.1, 0.15) is 5.52 Å². The fourth-order valence-corrected chi connectivity index (χ4v) is 2.42. The molecular formula is C20H15N3O3. The van der Waals surface area contributed by atoms with E-state index in [1.165, 1.54) is 6.08 Å². The average molecular weight is 345 g/mol. The number of benzene rings is 2. The largest absolute Gasteiger partial charge is 0.439 e. The van der Waals surface area contributed by atoms with E-state index in [4.69, 9.17) is 4.42 Å². The van der Waals surface area contributed by atoms with Crippen molar-refractivity contribution in [3.8, 4) is 6.07 Å². The normalized spacial score (nSPS) is 12.0. The molecule has 1 N–H and O–H groups in total. The standard InChI is InChI=1S/C20H15N3O3/c1-22-19(25)14-9-6-13(7-10-14)8-11-17(24)15(12-21)20-23-16-4-2-3-5-18(16)26-20/h2-11,15H,1H3,(H,22,25)/b11-8-/t15-/m0/s1. The number of amides is 1. The van der Waals surface area contributed by atoms with Gasteiger partial charge in [-0.1, -0.05) is 30.3 Å². The van der Waals surface area contributed by atoms with Crippen molar-refractivity contribution in [2.45, 2.75) is 5.92 Å². The van der Waals surface area contributed by atoms with Crippen molar-refractivity contribution < 1.29 is 14.0 Å². The number of aromatic nitrogens is 1. The molecule has 0 spiro atoms. The molecule has 0 aliphatic rings. The Hall–Kier alpha value is -3.72. The lowest BCUT2D eigenvalue weighted by molar-refractivity contribution is -0.115. The third-order valence-electron chi connectivity index (χ3n) is 3.81. The minimum absolute atomic E-state index is 0.0818. The summed E-state index contributed by atoms with van der Waals surface area (Å²) in [5.74, 6) is -1.63. The Morgan fingerprint density at radius 2 is 1.92 bits per heavy atom. The van der Waals surface area contributed by atoms with Crippen molar-refractivity contribution in [2.24, 2.45) is 0 Å². The van der Waals surface area contributed by atoms with Gasteiger partial charge in [0.05, 0.1) is 6.07 Å². The van der Waals surface area contributed by atoms with E-state index in [2.05, 4.69) is 10.3 Å². The molecule has 0 aliphatic carbocycles. The number of fused-ring (bicyclic) bond motifs is 1. The third-order valence-corrected chi connectivity index (χ3v) is 3.81. The van der Waals surface area contributed by atoms with Crippen LogP contribution < -0.4 is 5.32 Å². The second kappa shape index (κ2) is 7.45. The van der Waals surface area contributed by atoms with Gasteiger partial charge in [0.15, 0.2) is 17.3 Å². The van der Waals surface area contributed by atoms with Crippen LogP contribution in [0.3, 0.4) is 0 Å². The molecule has 3 rings (SSSR count). The molecule has 1 atom stereocenters. The maximum absolute atomic E-state index is 12.4. The van der Waals surface area contributed by atoms with Crippen LogP contribution in [0.1, 0.15) is 27.7 Å². The van der Waals surface area contributed by atoms with Gasteiger partial charge < -0.3 is 9.73 Å². The smallest absolute Gasteiger partial charge is 0.251 e. The van der Waals surface area contributed by atoms with Crippen LogP contribution in [0.25, 0.3) is 17.2 Å². The highest BCUT2D eigenvalue weighted by Crippen LogP contribution is 2.22. The Morgan fingerprint density at radius 3 is 2.58 bits per heavy atom. The predicted octanol–water partition coefficient (Wildman–Crippen LogP) is 3.08. The minimum atomic E-state index is -1.11. The van der Waals surface area contributed by atoms with Crippen molar-refractivity contribution in [3.63, 3.8) is 0 Å². The number of rotatable bonds is 5. The van der Waals surface area contributed by atoms with Crippen molar-refractivity contribution in [2.75, 3.05) is 7.05 Å². The zero-order valence-corrected chi connectivity index (χ0v) is 14.0. The lowest BCUT2D eigenvalue weighted by Gasteiger charge is -2.01. The molecule has 6 nitrogen and oxygen atoms in total. The number of ketones is 1. The molecule has 1 heterocycles. The number of hydrogen-bond donors (Lipinski definition) is 1. The first-order valence-corrected chi connectivity index (χ1v) is 7.91. The van der Waals surface area contributed by atoms with Crippen LogP contribution in [0.2, 0.25) is 0 Å². The maximum atomic E-state index is 12.4. The van der Waals surface area contributed by atoms with E-state index >= 15 is 0 Å². The highest BCUT2D eigenvalue weighted by Gasteiger charge is 2.23. The highest BCUT2D eigenvalue weighted by atomic mass is 16.3. The van der Waals surface area contributed by atoms with Gasteiger partial charge >= 0.3 is 0 Å². The Kier molecular flexibility index (Phi) is 4.90. The van der Waals surface area contributed by atoms with E-state index in [1.807, 2.05) is 6.07 Å². The summed E-state index contributed by atoms with van der Waals surface area (Å²) in [6.45, 7) is 0. The molecule has 0 aliphatic heterocycles. The van der Waals surface area contributed by atoms with Crippen molar-refractivity contribution in [1.29, 1.82) is 5.26 Å². The van der Waals surface area contributed by atoms with Gasteiger partial charge in [0.2, 0.25) is 5.89 Å². The Morgan fingerprint density at radius 1 is 1.19 bits per heavy atom. The molecule has 128 valence electrons. The molecule has 1 aromatic heterocycles. The molecule has 3 aromatic rings. The number of nitriles is 1. The minimum Gasteiger partial charge on any atom is -0.439 e. The van der Waals surface area contributed by atoms with Gasteiger partial charge in [-0.3, -0.25) is 9.59 Å². The average Bonchev–Trinajstić information content (AvgIpc) is 3.10. The molecule has 0 fully saturated rings. The van der Waals surface area contributed by atoms with Crippen LogP contribution in [-0.4, -0.2) is 23.7 Å². The Balaban J connectivity index is 1.77. The Labute approximate surface area is 149 Å². The summed E-state index contributed by atoms with van der Waals surface area (Å²) < 4.78 is 5.52. The van der Waals surface area contributed by atoms with Crippen LogP contribution in [0.4, 0.5) is 0 Å². The lowest BCUT2D eigenvalue weighted by atomic mass is 10.0. The topological polar surface area (TPSA) is 96.0 Å². The van der Waals surface area contributed by atoms with E-state index in [0.717, 1.165) is 5.56 Å². The molecule has 0 bridgehead atoms. The number of carbonyl (C=O) groups is 2. The van der Waals surface area contributed by atoms with Gasteiger partial charge in [-0.05, 0) is 35.9 Å². The number of nitrogens with zero attached hydrogens (tertiary/aromatic N) is 2. The van der Waals surface area contributed by atoms with Crippen molar-refractivity contribution >= 4 is 28.9 Å². The van der Waals surface area contributed by atoms with E-state index in [9.17, 15) is 14.9 Å². The maximum Gasteiger partial charge on any atom is 0.251 e. The summed E-state index contributed by atoms with van der Waals surface area (Å²) in [4.78, 5) is 28.1. The molecule has 0 saturated heterocycles. The van der Waals surface area contributed by atoms with Gasteiger partial charge in [-0.2, -0.15) is 5.26 Å². The van der Waals surface area contributed by atoms with Gasteiger partial charge in [-0.15, -0.1) is 0 Å². The molecule has 0 saturated carbocycles. The van der Waals surface area contributed by atoms with Crippen LogP contribution in [0, 0.1) is 11.3 Å². The third kappa shape index (κ3) is 3.52. The summed E-state index contributed by atoms with van der Waals surface area (Å²) in [5, 5.41) is 11.9. The predicted molar refractivity (Wildman–Crippen MR) is 96.2 cm³/mol. The van der Waals surface area contributed by atoms with E-state index in [1.54, 1.807) is 61.7 Å². The number of carbonyl (C=O) groups excluding carboxylic acids is 2. The van der Waals surface area contributed by atoms with Crippen LogP contribution in [0.5, 0.6) is 0 Å². The summed E-state index contributed by atoms with van der Waals surface area (Å²) in [7, 11) is 1.56. The Bertz CT molecular complexity index is 993. The zero-order valence-electron chi connectivity index (χ0n) is 14.0. The molecule has 6 heteroatoms. The highest BCUT2D eigenvalue weighted by molar-refractivity contribution is 6.00. The first-order valence-electron chi connectivity index (χ1n) is 7.91. The lowest BCUT2D eigenvalue weighted by Crippen LogP contribution is -2.17. The van der Waals surface area contributed by atoms with Gasteiger partial charge in [-0.25, -0.2) is 4.98 Å². The fraction of sp³-hybridized carbons (Fsp3) is 0.100. The molecule has 26 heavy (non-hydrogen) atoms. The molecule has 1 amide bonds. The number of para-hydroxylation sites is 2. The van der Waals surface area contributed by atoms with Crippen molar-refractivity contribution in [1.82, 2.24) is 10.3 Å². The molecular weight excluding hydrogens is 330 g/mol. The molecule has 2 aromatic carbocycles. The second-order valence-electron chi connectivity index (χ2n) is 5.52. The summed E-state index contributed by atoms with van der Waals surface area (Å²) in [6, 6.07) is 15.8. The number of oxazole rings is 1. The van der Waals surface area contributed by atoms with Crippen LogP contribution in [-0.2, 0) is 4.79 Å². The first kappa shape index (κ1) is 17.1. The van der Waals surface area contributed by atoms with E-state index < -0.39 is 11.7 Å². The number of hydrogen-bond acceptors (Lipinski definition) is 5. The SMILES string of the molecule is CNC(=O)c1ccc(/C=C\C(=O)[C@H](C#N)c2nc3ccccc3o2)cc1. The molecule has 0 radical (unpaired) electrons. The second-order valence-corrected chi connectivity index (χ2v) is 5.52. The summed E-state index contributed by atoms with van der Waals surface area (Å²) in [5.41, 5.74) is 2.39. The van der Waals surface area contributed by atoms with E-state index in [0.29, 0.717) is 16.7 Å². The van der Waals surface area contributed by atoms with Crippen LogP contribution in [0.15, 0.2) is 59.0 Å². The zero-order chi connectivity index (χ0) is 18.5. The van der Waals surface area contributed by atoms with Crippen LogP contribution >= 0.6 is 0 Å². The monoisotopic (exact) mass is 345 g/mol. The summed E-state index contributed by atoms with van der Waals surface area (Å²) in [6.07, 6.45) is 2.90. The first-order chi connectivity index (χ1) is 12.6. The molecule has 0 unspecified atom stereocenters. The quantitative estimate of drug-likeness (QED) is 0.717. The van der Waals surface area contributed by atoms with Crippen molar-refractivity contribution in [3.05, 3.63) is 71.6 Å². The van der Waals surface area contributed by atoms with Gasteiger partial charge in [0, 0.05) is 12.6 Å². The van der Waals surface area contributed by atoms with Gasteiger partial charge in [0.25, 0.3) is 5.91 Å². The summed E-state index contributed by atoms with van der Waals surface area (Å²) >= 11 is 0. The van der Waals surface area contributed by atoms with E-state index in [-0.39, 0.29) is 11.8 Å².